The molecule has 1 aliphatic heterocycles. The second-order valence-corrected chi connectivity index (χ2v) is 5.96. The fourth-order valence-corrected chi connectivity index (χ4v) is 2.37. The Hall–Kier alpha value is -1.79. The number of carbonyl (C=O) groups excluding carboxylic acids is 2. The van der Waals surface area contributed by atoms with Gasteiger partial charge < -0.3 is 20.6 Å². The van der Waals surface area contributed by atoms with Gasteiger partial charge in [0.1, 0.15) is 0 Å². The summed E-state index contributed by atoms with van der Waals surface area (Å²) < 4.78 is 0. The number of carboxylic acids is 1. The van der Waals surface area contributed by atoms with E-state index in [1.807, 2.05) is 6.92 Å². The number of likely N-dealkylation sites (tertiary alicyclic amines) is 1. The first-order valence-electron chi connectivity index (χ1n) is 7.34. The Balaban J connectivity index is 2.34. The van der Waals surface area contributed by atoms with Gasteiger partial charge in [-0.15, -0.1) is 0 Å². The minimum atomic E-state index is -0.858. The number of piperidine rings is 1. The summed E-state index contributed by atoms with van der Waals surface area (Å²) in [5.74, 6) is -1.32. The lowest BCUT2D eigenvalue weighted by atomic mass is 9.91. The zero-order valence-corrected chi connectivity index (χ0v) is 12.9. The SMILES string of the molecule is CC1CC(C(=O)O)CN(C(=O)NCCNC(=O)C(C)C)C1. The van der Waals surface area contributed by atoms with Crippen LogP contribution in [0.5, 0.6) is 0 Å². The van der Waals surface area contributed by atoms with Gasteiger partial charge in [-0.2, -0.15) is 0 Å². The second-order valence-electron chi connectivity index (χ2n) is 5.96. The number of carboxylic acid groups (broad SMARTS) is 1. The van der Waals surface area contributed by atoms with Crippen molar-refractivity contribution in [3.8, 4) is 0 Å². The van der Waals surface area contributed by atoms with Crippen molar-refractivity contribution in [2.45, 2.75) is 27.2 Å². The lowest BCUT2D eigenvalue weighted by molar-refractivity contribution is -0.143. The molecule has 0 aliphatic carbocycles. The lowest BCUT2D eigenvalue weighted by Crippen LogP contribution is -2.50. The van der Waals surface area contributed by atoms with E-state index in [2.05, 4.69) is 10.6 Å². The molecule has 120 valence electrons. The van der Waals surface area contributed by atoms with E-state index in [0.717, 1.165) is 0 Å². The highest BCUT2D eigenvalue weighted by molar-refractivity contribution is 5.78. The minimum Gasteiger partial charge on any atom is -0.481 e. The fraction of sp³-hybridized carbons (Fsp3) is 0.786. The number of rotatable bonds is 5. The Kier molecular flexibility index (Phi) is 6.45. The third-order valence-corrected chi connectivity index (χ3v) is 3.52. The molecule has 0 aromatic rings. The van der Waals surface area contributed by atoms with Gasteiger partial charge in [-0.25, -0.2) is 4.79 Å². The van der Waals surface area contributed by atoms with Crippen molar-refractivity contribution < 1.29 is 19.5 Å². The van der Waals surface area contributed by atoms with Crippen LogP contribution in [0.15, 0.2) is 0 Å². The third kappa shape index (κ3) is 5.61. The van der Waals surface area contributed by atoms with Gasteiger partial charge in [0.05, 0.1) is 5.92 Å². The topological polar surface area (TPSA) is 98.7 Å². The first kappa shape index (κ1) is 17.3. The Morgan fingerprint density at radius 3 is 2.38 bits per heavy atom. The van der Waals surface area contributed by atoms with Gasteiger partial charge in [-0.05, 0) is 12.3 Å². The minimum absolute atomic E-state index is 0.0539. The molecule has 2 unspecified atom stereocenters. The number of carbonyl (C=O) groups is 3. The van der Waals surface area contributed by atoms with E-state index in [1.54, 1.807) is 13.8 Å². The molecule has 1 heterocycles. The lowest BCUT2D eigenvalue weighted by Gasteiger charge is -2.34. The summed E-state index contributed by atoms with van der Waals surface area (Å²) in [5.41, 5.74) is 0. The maximum Gasteiger partial charge on any atom is 0.317 e. The molecule has 0 spiro atoms. The van der Waals surface area contributed by atoms with Crippen LogP contribution in [0, 0.1) is 17.8 Å². The average molecular weight is 299 g/mol. The highest BCUT2D eigenvalue weighted by atomic mass is 16.4. The molecule has 1 rings (SSSR count). The molecule has 0 saturated carbocycles. The molecule has 3 amide bonds. The van der Waals surface area contributed by atoms with Crippen LogP contribution >= 0.6 is 0 Å². The van der Waals surface area contributed by atoms with E-state index < -0.39 is 11.9 Å². The maximum absolute atomic E-state index is 12.0. The monoisotopic (exact) mass is 299 g/mol. The van der Waals surface area contributed by atoms with Gasteiger partial charge in [0.25, 0.3) is 0 Å². The predicted octanol–water partition coefficient (Wildman–Crippen LogP) is 0.511. The quantitative estimate of drug-likeness (QED) is 0.644. The summed E-state index contributed by atoms with van der Waals surface area (Å²) in [6.45, 7) is 7.05. The standard InChI is InChI=1S/C14H25N3O4/c1-9(2)12(18)15-4-5-16-14(21)17-7-10(3)6-11(8-17)13(19)20/h9-11H,4-8H2,1-3H3,(H,15,18)(H,16,21)(H,19,20). The van der Waals surface area contributed by atoms with Gasteiger partial charge >= 0.3 is 12.0 Å². The van der Waals surface area contributed by atoms with Crippen molar-refractivity contribution in [1.82, 2.24) is 15.5 Å². The van der Waals surface area contributed by atoms with Crippen LogP contribution in [0.25, 0.3) is 0 Å². The molecule has 2 atom stereocenters. The van der Waals surface area contributed by atoms with E-state index in [4.69, 9.17) is 5.11 Å². The fourth-order valence-electron chi connectivity index (χ4n) is 2.37. The Morgan fingerprint density at radius 1 is 1.19 bits per heavy atom. The van der Waals surface area contributed by atoms with E-state index in [0.29, 0.717) is 26.1 Å². The Labute approximate surface area is 125 Å². The molecule has 3 N–H and O–H groups in total. The van der Waals surface area contributed by atoms with Gasteiger partial charge in [0.2, 0.25) is 5.91 Å². The number of amides is 3. The number of urea groups is 1. The zero-order chi connectivity index (χ0) is 16.0. The normalized spacial score (nSPS) is 22.0. The van der Waals surface area contributed by atoms with Gasteiger partial charge in [0.15, 0.2) is 0 Å². The van der Waals surface area contributed by atoms with Crippen molar-refractivity contribution in [1.29, 1.82) is 0 Å². The molecule has 0 radical (unpaired) electrons. The molecule has 1 fully saturated rings. The first-order chi connectivity index (χ1) is 9.81. The highest BCUT2D eigenvalue weighted by Gasteiger charge is 2.31. The van der Waals surface area contributed by atoms with Crippen LogP contribution in [-0.4, -0.2) is 54.1 Å². The Bertz CT molecular complexity index is 398. The molecule has 7 nitrogen and oxygen atoms in total. The van der Waals surface area contributed by atoms with E-state index in [1.165, 1.54) is 4.90 Å². The smallest absolute Gasteiger partial charge is 0.317 e. The molecule has 0 aromatic heterocycles. The van der Waals surface area contributed by atoms with Gasteiger partial charge in [-0.1, -0.05) is 20.8 Å². The summed E-state index contributed by atoms with van der Waals surface area (Å²) in [7, 11) is 0. The number of hydrogen-bond acceptors (Lipinski definition) is 3. The summed E-state index contributed by atoms with van der Waals surface area (Å²) >= 11 is 0. The van der Waals surface area contributed by atoms with Crippen LogP contribution in [0.2, 0.25) is 0 Å². The number of hydrogen-bond donors (Lipinski definition) is 3. The summed E-state index contributed by atoms with van der Waals surface area (Å²) in [6.07, 6.45) is 0.601. The van der Waals surface area contributed by atoms with E-state index in [9.17, 15) is 14.4 Å². The summed E-state index contributed by atoms with van der Waals surface area (Å²) in [6, 6.07) is -0.272. The van der Waals surface area contributed by atoms with Crippen LogP contribution < -0.4 is 10.6 Å². The van der Waals surface area contributed by atoms with Crippen LogP contribution in [0.1, 0.15) is 27.2 Å². The number of aliphatic carboxylic acids is 1. The predicted molar refractivity (Wildman–Crippen MR) is 77.7 cm³/mol. The average Bonchev–Trinajstić information content (AvgIpc) is 2.42. The molecule has 0 bridgehead atoms. The molecule has 7 heteroatoms. The van der Waals surface area contributed by atoms with Crippen LogP contribution in [-0.2, 0) is 9.59 Å². The van der Waals surface area contributed by atoms with Crippen molar-refractivity contribution in [2.75, 3.05) is 26.2 Å². The maximum atomic E-state index is 12.0. The summed E-state index contributed by atoms with van der Waals surface area (Å²) in [5, 5.41) is 14.5. The molecule has 1 saturated heterocycles. The van der Waals surface area contributed by atoms with Crippen LogP contribution in [0.3, 0.4) is 0 Å². The summed E-state index contributed by atoms with van der Waals surface area (Å²) in [4.78, 5) is 36.0. The van der Waals surface area contributed by atoms with Crippen molar-refractivity contribution >= 4 is 17.9 Å². The van der Waals surface area contributed by atoms with Crippen molar-refractivity contribution in [3.63, 3.8) is 0 Å². The molecular formula is C14H25N3O4. The number of nitrogens with zero attached hydrogens (tertiary/aromatic N) is 1. The van der Waals surface area contributed by atoms with E-state index in [-0.39, 0.29) is 30.3 Å². The highest BCUT2D eigenvalue weighted by Crippen LogP contribution is 2.21. The molecular weight excluding hydrogens is 274 g/mol. The third-order valence-electron chi connectivity index (χ3n) is 3.52. The van der Waals surface area contributed by atoms with E-state index >= 15 is 0 Å². The van der Waals surface area contributed by atoms with Gasteiger partial charge in [-0.3, -0.25) is 9.59 Å². The van der Waals surface area contributed by atoms with Crippen molar-refractivity contribution in [2.24, 2.45) is 17.8 Å². The van der Waals surface area contributed by atoms with Gasteiger partial charge in [0, 0.05) is 32.1 Å². The Morgan fingerprint density at radius 2 is 1.81 bits per heavy atom. The molecule has 0 aromatic carbocycles. The second kappa shape index (κ2) is 7.85. The molecule has 21 heavy (non-hydrogen) atoms. The zero-order valence-electron chi connectivity index (χ0n) is 12.9. The first-order valence-corrected chi connectivity index (χ1v) is 7.34. The van der Waals surface area contributed by atoms with Crippen LogP contribution in [0.4, 0.5) is 4.79 Å². The van der Waals surface area contributed by atoms with Crippen molar-refractivity contribution in [3.05, 3.63) is 0 Å². The number of nitrogens with one attached hydrogen (secondary N) is 2. The molecule has 1 aliphatic rings. The largest absolute Gasteiger partial charge is 0.481 e.